The predicted molar refractivity (Wildman–Crippen MR) is 53.1 cm³/mol. The van der Waals surface area contributed by atoms with E-state index < -0.39 is 17.5 Å². The first-order valence-electron chi connectivity index (χ1n) is 4.11. The van der Waals surface area contributed by atoms with Crippen molar-refractivity contribution in [3.8, 4) is 0 Å². The smallest absolute Gasteiger partial charge is 0.336 e. The Labute approximate surface area is 87.3 Å². The fourth-order valence-corrected chi connectivity index (χ4v) is 1.31. The zero-order chi connectivity index (χ0) is 10.6. The fraction of sp³-hybridized carbons (Fsp3) is 0.300. The van der Waals surface area contributed by atoms with Crippen LogP contribution >= 0.6 is 11.6 Å². The van der Waals surface area contributed by atoms with Gasteiger partial charge in [0, 0.05) is 0 Å². The molecular formula is C10H11ClO3. The predicted octanol–water partition coefficient (Wildman–Crippen LogP) is 1.50. The highest BCUT2D eigenvalue weighted by Crippen LogP contribution is 2.24. The van der Waals surface area contributed by atoms with Crippen LogP contribution in [0.4, 0.5) is 0 Å². The number of carbonyl (C=O) groups is 1. The summed E-state index contributed by atoms with van der Waals surface area (Å²) in [5.74, 6) is -0.728. The Morgan fingerprint density at radius 1 is 1.43 bits per heavy atom. The highest BCUT2D eigenvalue weighted by atomic mass is 35.5. The second-order valence-electron chi connectivity index (χ2n) is 2.78. The van der Waals surface area contributed by atoms with Gasteiger partial charge in [0.25, 0.3) is 0 Å². The molecule has 0 aliphatic carbocycles. The number of benzene rings is 1. The standard InChI is InChI=1S/C10H11ClO3/c1-14-10(13)9(12)8(11)7-5-3-2-4-6-7/h2-6,8-9,12H,1H3/t8-,9+/m0/s1. The van der Waals surface area contributed by atoms with Crippen LogP contribution in [-0.4, -0.2) is 24.3 Å². The van der Waals surface area contributed by atoms with E-state index in [1.165, 1.54) is 7.11 Å². The molecule has 0 amide bonds. The van der Waals surface area contributed by atoms with Crippen molar-refractivity contribution in [1.29, 1.82) is 0 Å². The summed E-state index contributed by atoms with van der Waals surface area (Å²) in [6, 6.07) is 8.88. The van der Waals surface area contributed by atoms with Crippen LogP contribution in [0.5, 0.6) is 0 Å². The van der Waals surface area contributed by atoms with Crippen molar-refractivity contribution < 1.29 is 14.6 Å². The van der Waals surface area contributed by atoms with Gasteiger partial charge in [0.05, 0.1) is 12.5 Å². The summed E-state index contributed by atoms with van der Waals surface area (Å²) in [7, 11) is 1.21. The number of carbonyl (C=O) groups excluding carboxylic acids is 1. The monoisotopic (exact) mass is 214 g/mol. The van der Waals surface area contributed by atoms with Crippen molar-refractivity contribution in [1.82, 2.24) is 0 Å². The highest BCUT2D eigenvalue weighted by molar-refractivity contribution is 6.22. The van der Waals surface area contributed by atoms with Crippen LogP contribution in [0.3, 0.4) is 0 Å². The minimum Gasteiger partial charge on any atom is -0.467 e. The maximum atomic E-state index is 11.0. The molecule has 1 aromatic carbocycles. The molecule has 0 unspecified atom stereocenters. The average molecular weight is 215 g/mol. The van der Waals surface area contributed by atoms with Gasteiger partial charge in [0.15, 0.2) is 6.10 Å². The van der Waals surface area contributed by atoms with Crippen LogP contribution in [-0.2, 0) is 9.53 Å². The van der Waals surface area contributed by atoms with Crippen molar-refractivity contribution in [2.75, 3.05) is 7.11 Å². The van der Waals surface area contributed by atoms with E-state index in [1.807, 2.05) is 6.07 Å². The molecule has 1 rings (SSSR count). The number of aliphatic hydroxyl groups is 1. The van der Waals surface area contributed by atoms with E-state index in [1.54, 1.807) is 24.3 Å². The average Bonchev–Trinajstić information content (AvgIpc) is 2.27. The van der Waals surface area contributed by atoms with Gasteiger partial charge in [-0.2, -0.15) is 0 Å². The topological polar surface area (TPSA) is 46.5 Å². The second kappa shape index (κ2) is 4.98. The van der Waals surface area contributed by atoms with Gasteiger partial charge in [0.1, 0.15) is 0 Å². The molecule has 0 aliphatic rings. The Morgan fingerprint density at radius 2 is 2.00 bits per heavy atom. The van der Waals surface area contributed by atoms with Gasteiger partial charge in [-0.25, -0.2) is 4.79 Å². The molecule has 3 nitrogen and oxygen atoms in total. The first kappa shape index (κ1) is 11.0. The number of ether oxygens (including phenoxy) is 1. The molecule has 0 radical (unpaired) electrons. The molecule has 0 heterocycles. The van der Waals surface area contributed by atoms with Crippen LogP contribution in [0.1, 0.15) is 10.9 Å². The number of rotatable bonds is 3. The third kappa shape index (κ3) is 2.47. The summed E-state index contributed by atoms with van der Waals surface area (Å²) in [4.78, 5) is 11.0. The molecule has 0 spiro atoms. The molecule has 4 heteroatoms. The summed E-state index contributed by atoms with van der Waals surface area (Å²) in [5.41, 5.74) is 0.687. The van der Waals surface area contributed by atoms with Gasteiger partial charge < -0.3 is 9.84 Å². The molecule has 14 heavy (non-hydrogen) atoms. The minimum atomic E-state index is -1.33. The Kier molecular flexibility index (Phi) is 3.92. The van der Waals surface area contributed by atoms with E-state index in [2.05, 4.69) is 4.74 Å². The van der Waals surface area contributed by atoms with Crippen LogP contribution < -0.4 is 0 Å². The molecule has 0 aliphatic heterocycles. The maximum absolute atomic E-state index is 11.0. The zero-order valence-electron chi connectivity index (χ0n) is 7.68. The summed E-state index contributed by atoms with van der Waals surface area (Å²) in [6.45, 7) is 0. The van der Waals surface area contributed by atoms with Crippen molar-refractivity contribution in [2.45, 2.75) is 11.5 Å². The number of hydrogen-bond donors (Lipinski definition) is 1. The van der Waals surface area contributed by atoms with E-state index in [4.69, 9.17) is 11.6 Å². The SMILES string of the molecule is COC(=O)[C@H](O)[C@@H](Cl)c1ccccc1. The van der Waals surface area contributed by atoms with Gasteiger partial charge in [0.2, 0.25) is 0 Å². The third-order valence-corrected chi connectivity index (χ3v) is 2.33. The number of aliphatic hydroxyl groups excluding tert-OH is 1. The van der Waals surface area contributed by atoms with Gasteiger partial charge in [-0.05, 0) is 5.56 Å². The summed E-state index contributed by atoms with van der Waals surface area (Å²) in [5, 5.41) is 8.66. The molecule has 0 saturated heterocycles. The van der Waals surface area contributed by atoms with Crippen LogP contribution in [0, 0.1) is 0 Å². The number of alkyl halides is 1. The minimum absolute atomic E-state index is 0.687. The highest BCUT2D eigenvalue weighted by Gasteiger charge is 2.26. The van der Waals surface area contributed by atoms with Crippen molar-refractivity contribution in [2.24, 2.45) is 0 Å². The second-order valence-corrected chi connectivity index (χ2v) is 3.25. The van der Waals surface area contributed by atoms with Crippen LogP contribution in [0.15, 0.2) is 30.3 Å². The zero-order valence-corrected chi connectivity index (χ0v) is 8.44. The molecule has 0 saturated carbocycles. The Hall–Kier alpha value is -1.06. The lowest BCUT2D eigenvalue weighted by Gasteiger charge is -2.14. The quantitative estimate of drug-likeness (QED) is 0.613. The van der Waals surface area contributed by atoms with E-state index >= 15 is 0 Å². The summed E-state index contributed by atoms with van der Waals surface area (Å²) >= 11 is 5.88. The number of halogens is 1. The molecule has 1 aromatic rings. The molecule has 1 N–H and O–H groups in total. The van der Waals surface area contributed by atoms with Crippen LogP contribution in [0.25, 0.3) is 0 Å². The van der Waals surface area contributed by atoms with E-state index in [0.29, 0.717) is 5.56 Å². The van der Waals surface area contributed by atoms with Gasteiger partial charge in [-0.15, -0.1) is 11.6 Å². The third-order valence-electron chi connectivity index (χ3n) is 1.84. The Morgan fingerprint density at radius 3 is 2.50 bits per heavy atom. The molecule has 76 valence electrons. The first-order valence-corrected chi connectivity index (χ1v) is 4.55. The lowest BCUT2D eigenvalue weighted by molar-refractivity contribution is -0.150. The first-order chi connectivity index (χ1) is 6.66. The van der Waals surface area contributed by atoms with Gasteiger partial charge in [-0.3, -0.25) is 0 Å². The lowest BCUT2D eigenvalue weighted by Crippen LogP contribution is -2.26. The van der Waals surface area contributed by atoms with Crippen LogP contribution in [0.2, 0.25) is 0 Å². The van der Waals surface area contributed by atoms with E-state index in [0.717, 1.165) is 0 Å². The van der Waals surface area contributed by atoms with Gasteiger partial charge >= 0.3 is 5.97 Å². The van der Waals surface area contributed by atoms with Crippen molar-refractivity contribution >= 4 is 17.6 Å². The number of methoxy groups -OCH3 is 1. The molecular weight excluding hydrogens is 204 g/mol. The van der Waals surface area contributed by atoms with Crippen molar-refractivity contribution in [3.63, 3.8) is 0 Å². The molecule has 2 atom stereocenters. The lowest BCUT2D eigenvalue weighted by atomic mass is 10.1. The Balaban J connectivity index is 2.75. The largest absolute Gasteiger partial charge is 0.467 e. The fourth-order valence-electron chi connectivity index (χ4n) is 1.06. The van der Waals surface area contributed by atoms with E-state index in [9.17, 15) is 9.90 Å². The molecule has 0 bridgehead atoms. The summed E-state index contributed by atoms with van der Waals surface area (Å²) in [6.07, 6.45) is -1.33. The van der Waals surface area contributed by atoms with Gasteiger partial charge in [-0.1, -0.05) is 30.3 Å². The summed E-state index contributed by atoms with van der Waals surface area (Å²) < 4.78 is 4.38. The number of esters is 1. The van der Waals surface area contributed by atoms with E-state index in [-0.39, 0.29) is 0 Å². The normalized spacial score (nSPS) is 14.5. The molecule has 0 aromatic heterocycles. The Bertz CT molecular complexity index is 299. The maximum Gasteiger partial charge on any atom is 0.336 e. The number of hydrogen-bond acceptors (Lipinski definition) is 3. The molecule has 0 fully saturated rings. The van der Waals surface area contributed by atoms with Crippen molar-refractivity contribution in [3.05, 3.63) is 35.9 Å².